The first-order chi connectivity index (χ1) is 8.91. The van der Waals surface area contributed by atoms with Gasteiger partial charge in [0.15, 0.2) is 0 Å². The molecule has 0 bridgehead atoms. The van der Waals surface area contributed by atoms with Crippen LogP contribution in [0.2, 0.25) is 0 Å². The molecule has 0 atom stereocenters. The number of rotatable bonds is 4. The summed E-state index contributed by atoms with van der Waals surface area (Å²) in [5, 5.41) is 18.0. The molecule has 0 heterocycles. The highest BCUT2D eigenvalue weighted by Crippen LogP contribution is 2.21. The summed E-state index contributed by atoms with van der Waals surface area (Å²) in [6, 6.07) is 4.50. The minimum Gasteiger partial charge on any atom is -0.507 e. The first-order valence-corrected chi connectivity index (χ1v) is 5.42. The van der Waals surface area contributed by atoms with Crippen molar-refractivity contribution in [3.8, 4) is 5.75 Å². The molecule has 0 saturated carbocycles. The molecule has 0 unspecified atom stereocenters. The summed E-state index contributed by atoms with van der Waals surface area (Å²) in [7, 11) is 0. The van der Waals surface area contributed by atoms with Crippen molar-refractivity contribution in [3.63, 3.8) is 0 Å². The van der Waals surface area contributed by atoms with E-state index in [-0.39, 0.29) is 24.2 Å². The molecule has 1 aromatic carbocycles. The number of phenolic OH excluding ortho intramolecular Hbond substituents is 1. The predicted molar refractivity (Wildman–Crippen MR) is 63.3 cm³/mol. The molecule has 0 aliphatic carbocycles. The Balaban J connectivity index is 2.54. The molecular weight excluding hydrogens is 254 g/mol. The number of carboxylic acids is 1. The third-order valence-corrected chi connectivity index (χ3v) is 2.28. The molecule has 0 aliphatic heterocycles. The lowest BCUT2D eigenvalue weighted by molar-refractivity contribution is -0.140. The van der Waals surface area contributed by atoms with Gasteiger partial charge in [0.2, 0.25) is 0 Å². The number of hydrogen-bond acceptors (Lipinski definition) is 5. The highest BCUT2D eigenvalue weighted by molar-refractivity contribution is 5.93. The molecule has 102 valence electrons. The van der Waals surface area contributed by atoms with Crippen molar-refractivity contribution in [3.05, 3.63) is 29.3 Å². The maximum Gasteiger partial charge on any atom is 0.366 e. The molecule has 7 nitrogen and oxygen atoms in total. The van der Waals surface area contributed by atoms with Crippen molar-refractivity contribution in [2.45, 2.75) is 19.8 Å². The third-order valence-electron chi connectivity index (χ3n) is 2.28. The van der Waals surface area contributed by atoms with Crippen LogP contribution in [-0.4, -0.2) is 28.1 Å². The molecule has 1 rings (SSSR count). The first kappa shape index (κ1) is 14.5. The van der Waals surface area contributed by atoms with Crippen LogP contribution in [0.15, 0.2) is 18.2 Å². The molecule has 7 heteroatoms. The second kappa shape index (κ2) is 6.39. The molecule has 0 saturated heterocycles. The van der Waals surface area contributed by atoms with Crippen LogP contribution in [0.3, 0.4) is 0 Å². The fraction of sp³-hybridized carbons (Fsp3) is 0.250. The van der Waals surface area contributed by atoms with Crippen LogP contribution < -0.4 is 5.48 Å². The molecule has 0 aromatic heterocycles. The van der Waals surface area contributed by atoms with Crippen LogP contribution in [-0.2, 0) is 14.4 Å². The molecule has 1 amide bonds. The Morgan fingerprint density at radius 1 is 1.26 bits per heavy atom. The van der Waals surface area contributed by atoms with Crippen LogP contribution >= 0.6 is 0 Å². The van der Waals surface area contributed by atoms with Crippen LogP contribution in [0.5, 0.6) is 5.75 Å². The Kier molecular flexibility index (Phi) is 4.87. The highest BCUT2D eigenvalue weighted by Gasteiger charge is 2.15. The van der Waals surface area contributed by atoms with Crippen LogP contribution in [0.25, 0.3) is 0 Å². The summed E-state index contributed by atoms with van der Waals surface area (Å²) in [5.41, 5.74) is 2.23. The lowest BCUT2D eigenvalue weighted by Crippen LogP contribution is -2.27. The number of amides is 1. The van der Waals surface area contributed by atoms with Gasteiger partial charge in [-0.25, -0.2) is 4.79 Å². The minimum absolute atomic E-state index is 0.0847. The smallest absolute Gasteiger partial charge is 0.366 e. The van der Waals surface area contributed by atoms with Crippen molar-refractivity contribution in [2.24, 2.45) is 0 Å². The number of carbonyl (C=O) groups excluding carboxylic acids is 2. The van der Waals surface area contributed by atoms with Crippen molar-refractivity contribution in [1.82, 2.24) is 5.48 Å². The molecule has 0 spiro atoms. The van der Waals surface area contributed by atoms with E-state index in [0.29, 0.717) is 5.56 Å². The van der Waals surface area contributed by atoms with E-state index >= 15 is 0 Å². The van der Waals surface area contributed by atoms with E-state index in [1.807, 2.05) is 5.48 Å². The molecule has 1 aromatic rings. The number of nitrogens with one attached hydrogen (secondary N) is 1. The van der Waals surface area contributed by atoms with Gasteiger partial charge in [0.25, 0.3) is 5.91 Å². The van der Waals surface area contributed by atoms with E-state index < -0.39 is 17.8 Å². The van der Waals surface area contributed by atoms with Gasteiger partial charge in [0.05, 0.1) is 6.42 Å². The quantitative estimate of drug-likeness (QED) is 0.694. The zero-order valence-corrected chi connectivity index (χ0v) is 10.2. The van der Waals surface area contributed by atoms with Crippen LogP contribution in [0.1, 0.15) is 28.8 Å². The van der Waals surface area contributed by atoms with Gasteiger partial charge in [-0.05, 0) is 18.6 Å². The number of aromatic hydroxyl groups is 1. The minimum atomic E-state index is -1.13. The van der Waals surface area contributed by atoms with Gasteiger partial charge in [-0.15, -0.1) is 0 Å². The number of aryl methyl sites for hydroxylation is 1. The molecule has 0 fully saturated rings. The van der Waals surface area contributed by atoms with E-state index in [1.54, 1.807) is 19.1 Å². The maximum absolute atomic E-state index is 11.5. The summed E-state index contributed by atoms with van der Waals surface area (Å²) in [6.07, 6.45) is -0.665. The Labute approximate surface area is 108 Å². The highest BCUT2D eigenvalue weighted by atomic mass is 16.7. The van der Waals surface area contributed by atoms with Crippen molar-refractivity contribution >= 4 is 17.8 Å². The van der Waals surface area contributed by atoms with Crippen molar-refractivity contribution in [2.75, 3.05) is 0 Å². The number of aliphatic carboxylic acids is 1. The second-order valence-electron chi connectivity index (χ2n) is 3.78. The first-order valence-electron chi connectivity index (χ1n) is 5.42. The summed E-state index contributed by atoms with van der Waals surface area (Å²) in [5.74, 6) is -3.02. The van der Waals surface area contributed by atoms with Crippen LogP contribution in [0.4, 0.5) is 0 Å². The van der Waals surface area contributed by atoms with E-state index in [1.165, 1.54) is 6.07 Å². The second-order valence-corrected chi connectivity index (χ2v) is 3.78. The number of para-hydroxylation sites is 1. The van der Waals surface area contributed by atoms with Crippen molar-refractivity contribution in [1.29, 1.82) is 0 Å². The van der Waals surface area contributed by atoms with E-state index in [9.17, 15) is 19.5 Å². The largest absolute Gasteiger partial charge is 0.507 e. The molecular formula is C12H13NO6. The van der Waals surface area contributed by atoms with Gasteiger partial charge in [0, 0.05) is 6.42 Å². The average molecular weight is 267 g/mol. The number of hydrogen-bond donors (Lipinski definition) is 3. The summed E-state index contributed by atoms with van der Waals surface area (Å²) < 4.78 is 0. The number of carboxylic acid groups (broad SMARTS) is 1. The van der Waals surface area contributed by atoms with E-state index in [2.05, 4.69) is 4.84 Å². The Morgan fingerprint density at radius 2 is 1.95 bits per heavy atom. The lowest BCUT2D eigenvalue weighted by atomic mass is 10.1. The number of hydroxylamine groups is 1. The van der Waals surface area contributed by atoms with Gasteiger partial charge in [-0.3, -0.25) is 9.59 Å². The topological polar surface area (TPSA) is 113 Å². The molecule has 3 N–H and O–H groups in total. The number of carbonyl (C=O) groups is 3. The van der Waals surface area contributed by atoms with Gasteiger partial charge in [-0.1, -0.05) is 12.1 Å². The monoisotopic (exact) mass is 267 g/mol. The van der Waals surface area contributed by atoms with Crippen molar-refractivity contribution < 1.29 is 29.4 Å². The molecule has 0 radical (unpaired) electrons. The molecule has 0 aliphatic rings. The Hall–Kier alpha value is -2.57. The van der Waals surface area contributed by atoms with Gasteiger partial charge < -0.3 is 15.1 Å². The van der Waals surface area contributed by atoms with Gasteiger partial charge >= 0.3 is 11.9 Å². The van der Waals surface area contributed by atoms with E-state index in [4.69, 9.17) is 5.11 Å². The predicted octanol–water partition coefficient (Wildman–Crippen LogP) is 0.753. The zero-order chi connectivity index (χ0) is 14.4. The summed E-state index contributed by atoms with van der Waals surface area (Å²) in [4.78, 5) is 37.4. The average Bonchev–Trinajstić information content (AvgIpc) is 2.36. The van der Waals surface area contributed by atoms with Gasteiger partial charge in [-0.2, -0.15) is 5.48 Å². The summed E-state index contributed by atoms with van der Waals surface area (Å²) in [6.45, 7) is 1.61. The zero-order valence-electron chi connectivity index (χ0n) is 10.2. The van der Waals surface area contributed by atoms with Crippen LogP contribution in [0, 0.1) is 6.92 Å². The standard InChI is InChI=1S/C12H13NO6/c1-7-3-2-4-8(11(7)17)12(18)19-13-9(14)5-6-10(15)16/h2-4,17H,5-6H2,1H3,(H,13,14)(H,15,16). The Morgan fingerprint density at radius 3 is 2.58 bits per heavy atom. The fourth-order valence-electron chi connectivity index (χ4n) is 1.25. The van der Waals surface area contributed by atoms with Gasteiger partial charge in [0.1, 0.15) is 11.3 Å². The Bertz CT molecular complexity index is 511. The molecule has 19 heavy (non-hydrogen) atoms. The maximum atomic E-state index is 11.5. The fourth-order valence-corrected chi connectivity index (χ4v) is 1.25. The lowest BCUT2D eigenvalue weighted by Gasteiger charge is -2.07. The normalized spacial score (nSPS) is 9.74. The number of benzene rings is 1. The number of phenols is 1. The SMILES string of the molecule is Cc1cccc(C(=O)ONC(=O)CCC(=O)O)c1O. The third kappa shape index (κ3) is 4.30. The van der Waals surface area contributed by atoms with E-state index in [0.717, 1.165) is 0 Å². The summed E-state index contributed by atoms with van der Waals surface area (Å²) >= 11 is 0.